The van der Waals surface area contributed by atoms with Gasteiger partial charge in [-0.15, -0.1) is 11.3 Å². The first kappa shape index (κ1) is 22.5. The maximum Gasteiger partial charge on any atom is 0.309 e. The first-order chi connectivity index (χ1) is 14.3. The van der Waals surface area contributed by atoms with Gasteiger partial charge in [-0.25, -0.2) is 8.42 Å². The molecule has 7 nitrogen and oxygen atoms in total. The van der Waals surface area contributed by atoms with Gasteiger partial charge in [0.2, 0.25) is 10.0 Å². The molecule has 1 amide bonds. The number of sulfonamides is 1. The van der Waals surface area contributed by atoms with Crippen LogP contribution in [0.3, 0.4) is 0 Å². The molecular formula is C21H26N2O5S2. The fourth-order valence-electron chi connectivity index (χ4n) is 3.55. The van der Waals surface area contributed by atoms with Crippen molar-refractivity contribution in [3.8, 4) is 0 Å². The van der Waals surface area contributed by atoms with Gasteiger partial charge in [0.1, 0.15) is 0 Å². The van der Waals surface area contributed by atoms with E-state index in [9.17, 15) is 18.0 Å². The molecule has 0 radical (unpaired) electrons. The molecule has 2 aromatic rings. The highest BCUT2D eigenvalue weighted by atomic mass is 32.2. The highest BCUT2D eigenvalue weighted by Gasteiger charge is 2.33. The zero-order valence-electron chi connectivity index (χ0n) is 17.3. The third-order valence-corrected chi connectivity index (χ3v) is 8.49. The lowest BCUT2D eigenvalue weighted by Crippen LogP contribution is -2.42. The van der Waals surface area contributed by atoms with Gasteiger partial charge in [0, 0.05) is 23.7 Å². The third kappa shape index (κ3) is 4.74. The molecule has 1 aromatic heterocycles. The average Bonchev–Trinajstić information content (AvgIpc) is 3.14. The van der Waals surface area contributed by atoms with Crippen molar-refractivity contribution in [2.75, 3.05) is 25.5 Å². The molecule has 1 aliphatic heterocycles. The Morgan fingerprint density at radius 1 is 1.27 bits per heavy atom. The Bertz CT molecular complexity index is 1030. The summed E-state index contributed by atoms with van der Waals surface area (Å²) in [5.41, 5.74) is 1.62. The van der Waals surface area contributed by atoms with Gasteiger partial charge < -0.3 is 10.1 Å². The normalized spacial score (nSPS) is 17.5. The summed E-state index contributed by atoms with van der Waals surface area (Å²) < 4.78 is 32.0. The minimum Gasteiger partial charge on any atom is -0.469 e. The Labute approximate surface area is 181 Å². The number of amides is 1. The molecule has 0 bridgehead atoms. The fourth-order valence-corrected chi connectivity index (χ4v) is 6.09. The number of anilines is 1. The molecule has 1 aromatic carbocycles. The number of thiophene rings is 1. The van der Waals surface area contributed by atoms with Crippen LogP contribution in [0.5, 0.6) is 0 Å². The van der Waals surface area contributed by atoms with Gasteiger partial charge in [0.25, 0.3) is 5.91 Å². The zero-order chi connectivity index (χ0) is 21.9. The summed E-state index contributed by atoms with van der Waals surface area (Å²) in [4.78, 5) is 26.2. The molecule has 1 aliphatic rings. The Balaban J connectivity index is 1.71. The first-order valence-corrected chi connectivity index (χ1v) is 12.1. The first-order valence-electron chi connectivity index (χ1n) is 9.85. The number of nitrogens with zero attached hydrogens (tertiary/aromatic N) is 1. The predicted molar refractivity (Wildman–Crippen MR) is 116 cm³/mol. The highest BCUT2D eigenvalue weighted by molar-refractivity contribution is 7.89. The molecule has 9 heteroatoms. The van der Waals surface area contributed by atoms with E-state index in [0.717, 1.165) is 12.0 Å². The van der Waals surface area contributed by atoms with Gasteiger partial charge in [-0.2, -0.15) is 4.31 Å². The Hall–Kier alpha value is -2.23. The Morgan fingerprint density at radius 3 is 2.57 bits per heavy atom. The standard InChI is InChI=1S/C21H26N2O5S2/c1-4-18-14(2)12-19(29-18)20(24)22-16-7-9-17(10-8-16)30(26,27)23-11-5-6-15(13-23)21(25)28-3/h7-10,12,15H,4-6,11,13H2,1-3H3,(H,22,24)/t15-/m1/s1. The van der Waals surface area contributed by atoms with Crippen LogP contribution < -0.4 is 5.32 Å². The molecule has 1 atom stereocenters. The lowest BCUT2D eigenvalue weighted by molar-refractivity contribution is -0.146. The number of hydrogen-bond donors (Lipinski definition) is 1. The summed E-state index contributed by atoms with van der Waals surface area (Å²) in [6.45, 7) is 4.52. The van der Waals surface area contributed by atoms with Crippen molar-refractivity contribution in [3.63, 3.8) is 0 Å². The number of methoxy groups -OCH3 is 1. The van der Waals surface area contributed by atoms with E-state index in [0.29, 0.717) is 30.0 Å². The van der Waals surface area contributed by atoms with Gasteiger partial charge >= 0.3 is 5.97 Å². The second kappa shape index (κ2) is 9.28. The van der Waals surface area contributed by atoms with Crippen molar-refractivity contribution in [2.45, 2.75) is 38.0 Å². The van der Waals surface area contributed by atoms with Crippen molar-refractivity contribution < 1.29 is 22.7 Å². The lowest BCUT2D eigenvalue weighted by Gasteiger charge is -2.30. The predicted octanol–water partition coefficient (Wildman–Crippen LogP) is 3.44. The van der Waals surface area contributed by atoms with Crippen LogP contribution in [0.25, 0.3) is 0 Å². The highest BCUT2D eigenvalue weighted by Crippen LogP contribution is 2.26. The number of carbonyl (C=O) groups excluding carboxylic acids is 2. The number of rotatable bonds is 6. The summed E-state index contributed by atoms with van der Waals surface area (Å²) in [5, 5.41) is 2.81. The summed E-state index contributed by atoms with van der Waals surface area (Å²) in [6, 6.07) is 7.97. The maximum absolute atomic E-state index is 13.0. The van der Waals surface area contributed by atoms with Gasteiger partial charge in [0.15, 0.2) is 0 Å². The molecule has 0 aliphatic carbocycles. The van der Waals surface area contributed by atoms with Gasteiger partial charge in [-0.05, 0) is 62.1 Å². The van der Waals surface area contributed by atoms with Crippen LogP contribution in [-0.4, -0.2) is 44.8 Å². The van der Waals surface area contributed by atoms with E-state index < -0.39 is 15.9 Å². The van der Waals surface area contributed by atoms with Crippen molar-refractivity contribution in [2.24, 2.45) is 5.92 Å². The van der Waals surface area contributed by atoms with Crippen LogP contribution in [0.4, 0.5) is 5.69 Å². The molecule has 1 fully saturated rings. The maximum atomic E-state index is 13.0. The number of benzene rings is 1. The molecule has 0 saturated carbocycles. The third-order valence-electron chi connectivity index (χ3n) is 5.23. The molecule has 3 rings (SSSR count). The van der Waals surface area contributed by atoms with E-state index in [1.54, 1.807) is 12.1 Å². The number of hydrogen-bond acceptors (Lipinski definition) is 6. The van der Waals surface area contributed by atoms with E-state index in [1.807, 2.05) is 13.0 Å². The number of esters is 1. The number of ether oxygens (including phenoxy) is 1. The van der Waals surface area contributed by atoms with Gasteiger partial charge in [-0.3, -0.25) is 9.59 Å². The summed E-state index contributed by atoms with van der Waals surface area (Å²) in [7, 11) is -2.42. The van der Waals surface area contributed by atoms with Crippen LogP contribution in [0.1, 0.15) is 39.9 Å². The topological polar surface area (TPSA) is 92.8 Å². The van der Waals surface area contributed by atoms with Crippen molar-refractivity contribution in [3.05, 3.63) is 45.6 Å². The number of carbonyl (C=O) groups is 2. The van der Waals surface area contributed by atoms with Crippen LogP contribution in [0.15, 0.2) is 35.2 Å². The Morgan fingerprint density at radius 2 is 1.97 bits per heavy atom. The molecule has 30 heavy (non-hydrogen) atoms. The van der Waals surface area contributed by atoms with Crippen LogP contribution in [-0.2, 0) is 26.0 Å². The van der Waals surface area contributed by atoms with Crippen molar-refractivity contribution >= 4 is 38.9 Å². The van der Waals surface area contributed by atoms with E-state index in [2.05, 4.69) is 12.2 Å². The van der Waals surface area contributed by atoms with Gasteiger partial charge in [0.05, 0.1) is 22.8 Å². The minimum atomic E-state index is -3.72. The van der Waals surface area contributed by atoms with Crippen molar-refractivity contribution in [1.29, 1.82) is 0 Å². The zero-order valence-corrected chi connectivity index (χ0v) is 18.9. The van der Waals surface area contributed by atoms with E-state index in [1.165, 1.54) is 39.8 Å². The molecule has 162 valence electrons. The monoisotopic (exact) mass is 450 g/mol. The minimum absolute atomic E-state index is 0.116. The Kier molecular flexibility index (Phi) is 6.95. The van der Waals surface area contributed by atoms with E-state index in [-0.39, 0.29) is 23.3 Å². The van der Waals surface area contributed by atoms with Crippen LogP contribution >= 0.6 is 11.3 Å². The van der Waals surface area contributed by atoms with E-state index >= 15 is 0 Å². The SMILES string of the molecule is CCc1sc(C(=O)Nc2ccc(S(=O)(=O)N3CCC[C@@H](C(=O)OC)C3)cc2)cc1C. The summed E-state index contributed by atoms with van der Waals surface area (Å²) in [6.07, 6.45) is 2.10. The van der Waals surface area contributed by atoms with Crippen molar-refractivity contribution in [1.82, 2.24) is 4.31 Å². The van der Waals surface area contributed by atoms with Crippen LogP contribution in [0, 0.1) is 12.8 Å². The smallest absolute Gasteiger partial charge is 0.309 e. The largest absolute Gasteiger partial charge is 0.469 e. The lowest BCUT2D eigenvalue weighted by atomic mass is 10.0. The molecule has 2 heterocycles. The fraction of sp³-hybridized carbons (Fsp3) is 0.429. The molecular weight excluding hydrogens is 424 g/mol. The summed E-state index contributed by atoms with van der Waals surface area (Å²) >= 11 is 1.46. The number of aryl methyl sites for hydroxylation is 2. The van der Waals surface area contributed by atoms with E-state index in [4.69, 9.17) is 4.74 Å². The second-order valence-electron chi connectivity index (χ2n) is 7.27. The summed E-state index contributed by atoms with van der Waals surface area (Å²) in [5.74, 6) is -1.04. The number of piperidine rings is 1. The average molecular weight is 451 g/mol. The molecule has 1 saturated heterocycles. The molecule has 1 N–H and O–H groups in total. The number of nitrogens with one attached hydrogen (secondary N) is 1. The molecule has 0 unspecified atom stereocenters. The molecule has 0 spiro atoms. The second-order valence-corrected chi connectivity index (χ2v) is 10.3. The van der Waals surface area contributed by atoms with Crippen LogP contribution in [0.2, 0.25) is 0 Å². The van der Waals surface area contributed by atoms with Gasteiger partial charge in [-0.1, -0.05) is 6.92 Å². The quantitative estimate of drug-likeness (QED) is 0.681.